The van der Waals surface area contributed by atoms with Gasteiger partial charge in [-0.15, -0.1) is 0 Å². The lowest BCUT2D eigenvalue weighted by molar-refractivity contribution is 0.590. The van der Waals surface area contributed by atoms with Gasteiger partial charge in [0.15, 0.2) is 0 Å². The second-order valence-corrected chi connectivity index (χ2v) is 8.37. The van der Waals surface area contributed by atoms with Crippen LogP contribution >= 0.6 is 8.58 Å². The zero-order valence-electron chi connectivity index (χ0n) is 11.5. The van der Waals surface area contributed by atoms with Gasteiger partial charge in [0, 0.05) is 0 Å². The molecule has 0 bridgehead atoms. The minimum absolute atomic E-state index is 0.266. The highest BCUT2D eigenvalue weighted by atomic mass is 31.1. The van der Waals surface area contributed by atoms with Crippen molar-refractivity contribution in [3.05, 3.63) is 29.8 Å². The Morgan fingerprint density at radius 2 is 1.44 bits per heavy atom. The zero-order valence-corrected chi connectivity index (χ0v) is 12.5. The van der Waals surface area contributed by atoms with E-state index in [1.807, 2.05) is 0 Å². The molecule has 16 heavy (non-hydrogen) atoms. The van der Waals surface area contributed by atoms with Crippen LogP contribution in [0.5, 0.6) is 0 Å². The molecule has 0 heterocycles. The molecule has 1 rings (SSSR count). The van der Waals surface area contributed by atoms with Crippen molar-refractivity contribution >= 4 is 13.9 Å². The molecule has 1 aromatic rings. The summed E-state index contributed by atoms with van der Waals surface area (Å²) in [5.74, 6) is 0. The van der Waals surface area contributed by atoms with E-state index in [0.29, 0.717) is 5.16 Å². The number of hydrogen-bond donors (Lipinski definition) is 0. The smallest absolute Gasteiger partial charge is 0.0132 e. The predicted octanol–water partition coefficient (Wildman–Crippen LogP) is 4.48. The van der Waals surface area contributed by atoms with Gasteiger partial charge in [0.05, 0.1) is 0 Å². The number of rotatable bonds is 3. The van der Waals surface area contributed by atoms with Crippen LogP contribution in [0.1, 0.15) is 53.5 Å². The summed E-state index contributed by atoms with van der Waals surface area (Å²) in [6.07, 6.45) is 1.24. The van der Waals surface area contributed by atoms with Crippen LogP contribution in [0.2, 0.25) is 0 Å². The first-order valence-corrected chi connectivity index (χ1v) is 7.13. The van der Waals surface area contributed by atoms with Crippen LogP contribution in [0, 0.1) is 0 Å². The quantitative estimate of drug-likeness (QED) is 0.679. The minimum atomic E-state index is 0.266. The van der Waals surface area contributed by atoms with Crippen LogP contribution in [0.4, 0.5) is 0 Å². The van der Waals surface area contributed by atoms with Crippen LogP contribution in [0.25, 0.3) is 0 Å². The molecule has 1 atom stereocenters. The molecule has 90 valence electrons. The predicted molar refractivity (Wildman–Crippen MR) is 77.5 cm³/mol. The van der Waals surface area contributed by atoms with Crippen molar-refractivity contribution in [3.63, 3.8) is 0 Å². The summed E-state index contributed by atoms with van der Waals surface area (Å²) in [5, 5.41) is 1.93. The zero-order chi connectivity index (χ0) is 12.4. The van der Waals surface area contributed by atoms with Gasteiger partial charge in [-0.1, -0.05) is 74.4 Å². The SMILES string of the molecule is CCC(C)(C)Pc1ccc(C(C)(C)C)cc1. The van der Waals surface area contributed by atoms with Gasteiger partial charge in [0.1, 0.15) is 0 Å². The molecule has 0 aromatic heterocycles. The van der Waals surface area contributed by atoms with E-state index in [9.17, 15) is 0 Å². The first kappa shape index (κ1) is 13.7. The van der Waals surface area contributed by atoms with Gasteiger partial charge in [0.2, 0.25) is 0 Å². The third-order valence-corrected chi connectivity index (χ3v) is 4.77. The summed E-state index contributed by atoms with van der Waals surface area (Å²) in [7, 11) is 0.911. The fraction of sp³-hybridized carbons (Fsp3) is 0.600. The maximum absolute atomic E-state index is 2.35. The largest absolute Gasteiger partial charge is 0.0846 e. The van der Waals surface area contributed by atoms with Crippen molar-refractivity contribution < 1.29 is 0 Å². The standard InChI is InChI=1S/C15H25P/c1-7-15(5,6)16-13-10-8-12(9-11-13)14(2,3)4/h8-11,16H,7H2,1-6H3. The first-order valence-electron chi connectivity index (χ1n) is 6.13. The van der Waals surface area contributed by atoms with Crippen LogP contribution < -0.4 is 5.30 Å². The Morgan fingerprint density at radius 3 is 1.81 bits per heavy atom. The molecule has 0 saturated heterocycles. The maximum atomic E-state index is 2.35. The topological polar surface area (TPSA) is 0 Å². The molecule has 0 radical (unpaired) electrons. The van der Waals surface area contributed by atoms with Crippen LogP contribution in [0.15, 0.2) is 24.3 Å². The summed E-state index contributed by atoms with van der Waals surface area (Å²) in [4.78, 5) is 0. The average Bonchev–Trinajstić information content (AvgIpc) is 2.16. The van der Waals surface area contributed by atoms with E-state index in [-0.39, 0.29) is 5.41 Å². The third-order valence-electron chi connectivity index (χ3n) is 3.12. The van der Waals surface area contributed by atoms with Crippen LogP contribution in [-0.2, 0) is 5.41 Å². The van der Waals surface area contributed by atoms with E-state index in [1.54, 1.807) is 0 Å². The van der Waals surface area contributed by atoms with Gasteiger partial charge in [-0.3, -0.25) is 0 Å². The summed E-state index contributed by atoms with van der Waals surface area (Å²) in [5.41, 5.74) is 1.69. The Balaban J connectivity index is 2.80. The molecule has 0 aliphatic rings. The van der Waals surface area contributed by atoms with Crippen molar-refractivity contribution in [2.45, 2.75) is 58.5 Å². The Morgan fingerprint density at radius 1 is 0.938 bits per heavy atom. The van der Waals surface area contributed by atoms with E-state index in [0.717, 1.165) is 8.58 Å². The lowest BCUT2D eigenvalue weighted by Gasteiger charge is -2.24. The lowest BCUT2D eigenvalue weighted by Crippen LogP contribution is -2.16. The third kappa shape index (κ3) is 3.91. The number of hydrogen-bond acceptors (Lipinski definition) is 0. The van der Waals surface area contributed by atoms with Crippen molar-refractivity contribution in [1.29, 1.82) is 0 Å². The summed E-state index contributed by atoms with van der Waals surface area (Å²) < 4.78 is 0. The van der Waals surface area contributed by atoms with Gasteiger partial charge in [-0.2, -0.15) is 0 Å². The molecule has 1 unspecified atom stereocenters. The fourth-order valence-corrected chi connectivity index (χ4v) is 2.82. The number of benzene rings is 1. The summed E-state index contributed by atoms with van der Waals surface area (Å²) >= 11 is 0. The molecular weight excluding hydrogens is 211 g/mol. The normalized spacial score (nSPS) is 13.6. The highest BCUT2D eigenvalue weighted by Gasteiger charge is 2.17. The molecule has 1 aromatic carbocycles. The summed E-state index contributed by atoms with van der Waals surface area (Å²) in [6.45, 7) is 13.8. The second kappa shape index (κ2) is 4.88. The minimum Gasteiger partial charge on any atom is -0.0846 e. The van der Waals surface area contributed by atoms with E-state index in [1.165, 1.54) is 17.3 Å². The molecule has 1 heteroatoms. The molecule has 0 aliphatic heterocycles. The molecule has 0 aliphatic carbocycles. The van der Waals surface area contributed by atoms with Gasteiger partial charge < -0.3 is 0 Å². The Hall–Kier alpha value is -0.350. The highest BCUT2D eigenvalue weighted by Crippen LogP contribution is 2.33. The van der Waals surface area contributed by atoms with Gasteiger partial charge in [0.25, 0.3) is 0 Å². The van der Waals surface area contributed by atoms with Crippen LogP contribution in [-0.4, -0.2) is 5.16 Å². The Labute approximate surface area is 103 Å². The van der Waals surface area contributed by atoms with Gasteiger partial charge in [-0.25, -0.2) is 0 Å². The fourth-order valence-electron chi connectivity index (χ4n) is 1.53. The molecule has 0 saturated carbocycles. The molecule has 0 amide bonds. The van der Waals surface area contributed by atoms with Crippen molar-refractivity contribution in [3.8, 4) is 0 Å². The van der Waals surface area contributed by atoms with Crippen molar-refractivity contribution in [2.24, 2.45) is 0 Å². The van der Waals surface area contributed by atoms with Crippen LogP contribution in [0.3, 0.4) is 0 Å². The van der Waals surface area contributed by atoms with Gasteiger partial charge >= 0.3 is 0 Å². The average molecular weight is 236 g/mol. The van der Waals surface area contributed by atoms with Gasteiger partial charge in [-0.05, 0) is 27.9 Å². The second-order valence-electron chi connectivity index (χ2n) is 6.19. The molecule has 0 N–H and O–H groups in total. The molecule has 0 fully saturated rings. The molecular formula is C15H25P. The molecule has 0 nitrogen and oxygen atoms in total. The van der Waals surface area contributed by atoms with E-state index in [2.05, 4.69) is 65.8 Å². The maximum Gasteiger partial charge on any atom is -0.0132 e. The van der Waals surface area contributed by atoms with E-state index >= 15 is 0 Å². The van der Waals surface area contributed by atoms with E-state index < -0.39 is 0 Å². The Kier molecular flexibility index (Phi) is 4.18. The Bertz CT molecular complexity index is 327. The van der Waals surface area contributed by atoms with Crippen molar-refractivity contribution in [1.82, 2.24) is 0 Å². The lowest BCUT2D eigenvalue weighted by atomic mass is 9.87. The van der Waals surface area contributed by atoms with Crippen molar-refractivity contribution in [2.75, 3.05) is 0 Å². The monoisotopic (exact) mass is 236 g/mol. The first-order chi connectivity index (χ1) is 7.24. The summed E-state index contributed by atoms with van der Waals surface area (Å²) in [6, 6.07) is 9.18. The molecule has 0 spiro atoms. The highest BCUT2D eigenvalue weighted by molar-refractivity contribution is 7.48. The van der Waals surface area contributed by atoms with E-state index in [4.69, 9.17) is 0 Å².